The van der Waals surface area contributed by atoms with Gasteiger partial charge < -0.3 is 4.98 Å². The molecule has 0 fully saturated rings. The minimum Gasteiger partial charge on any atom is -0.338 e. The Morgan fingerprint density at radius 2 is 1.89 bits per heavy atom. The van der Waals surface area contributed by atoms with E-state index in [0.29, 0.717) is 32.5 Å². The predicted molar refractivity (Wildman–Crippen MR) is 76.3 cm³/mol. The molecule has 92 valence electrons. The minimum atomic E-state index is 0.446. The highest BCUT2D eigenvalue weighted by Crippen LogP contribution is 2.33. The summed E-state index contributed by atoms with van der Waals surface area (Å²) in [7, 11) is 0. The van der Waals surface area contributed by atoms with Crippen LogP contribution in [0.2, 0.25) is 10.0 Å². The number of para-hydroxylation sites is 1. The van der Waals surface area contributed by atoms with Crippen LogP contribution in [0.15, 0.2) is 36.4 Å². The van der Waals surface area contributed by atoms with Crippen LogP contribution < -0.4 is 0 Å². The highest BCUT2D eigenvalue weighted by molar-refractivity contribution is 6.43. The number of fused-ring (bicyclic) bond motifs is 1. The zero-order chi connectivity index (χ0) is 13.4. The van der Waals surface area contributed by atoms with Gasteiger partial charge in [0.05, 0.1) is 21.1 Å². The van der Waals surface area contributed by atoms with E-state index in [-0.39, 0.29) is 0 Å². The van der Waals surface area contributed by atoms with Crippen molar-refractivity contribution < 1.29 is 0 Å². The van der Waals surface area contributed by atoms with Gasteiger partial charge in [0, 0.05) is 5.56 Å². The van der Waals surface area contributed by atoms with Crippen LogP contribution in [0.4, 0.5) is 0 Å². The molecule has 0 spiro atoms. The Morgan fingerprint density at radius 1 is 1.11 bits per heavy atom. The minimum absolute atomic E-state index is 0.446. The molecule has 1 N–H and O–H groups in total. The quantitative estimate of drug-likeness (QED) is 0.721. The fraction of sp³-hybridized carbons (Fsp3) is 0. The van der Waals surface area contributed by atoms with Crippen molar-refractivity contribution in [1.29, 1.82) is 5.26 Å². The number of aromatic nitrogens is 2. The number of H-pyrrole nitrogens is 1. The molecule has 5 heteroatoms. The standard InChI is InChI=1S/C14H7Cl2N3/c15-10-5-2-4-9(12(10)16)14-18-11-6-1-3-8(7-17)13(11)19-14/h1-6H,(H,18,19). The Hall–Kier alpha value is -2.02. The van der Waals surface area contributed by atoms with Crippen molar-refractivity contribution in [2.45, 2.75) is 0 Å². The van der Waals surface area contributed by atoms with Gasteiger partial charge in [0.2, 0.25) is 0 Å². The molecule has 0 saturated carbocycles. The fourth-order valence-corrected chi connectivity index (χ4v) is 2.33. The fourth-order valence-electron chi connectivity index (χ4n) is 1.94. The van der Waals surface area contributed by atoms with Crippen LogP contribution in [0.3, 0.4) is 0 Å². The van der Waals surface area contributed by atoms with Gasteiger partial charge in [0.15, 0.2) is 0 Å². The van der Waals surface area contributed by atoms with Crippen molar-refractivity contribution in [3.63, 3.8) is 0 Å². The maximum absolute atomic E-state index is 9.06. The lowest BCUT2D eigenvalue weighted by atomic mass is 10.2. The van der Waals surface area contributed by atoms with Gasteiger partial charge in [-0.05, 0) is 24.3 Å². The first-order valence-electron chi connectivity index (χ1n) is 5.54. The molecule has 0 aliphatic rings. The Bertz CT molecular complexity index is 815. The monoisotopic (exact) mass is 287 g/mol. The van der Waals surface area contributed by atoms with Gasteiger partial charge in [-0.25, -0.2) is 4.98 Å². The Balaban J connectivity index is 2.27. The molecule has 0 bridgehead atoms. The normalized spacial score (nSPS) is 10.6. The number of nitrogens with zero attached hydrogens (tertiary/aromatic N) is 2. The van der Waals surface area contributed by atoms with E-state index < -0.39 is 0 Å². The molecular formula is C14H7Cl2N3. The number of aromatic amines is 1. The molecule has 0 radical (unpaired) electrons. The zero-order valence-electron chi connectivity index (χ0n) is 9.61. The molecule has 3 nitrogen and oxygen atoms in total. The van der Waals surface area contributed by atoms with E-state index in [1.165, 1.54) is 0 Å². The molecule has 0 aliphatic heterocycles. The number of hydrogen-bond donors (Lipinski definition) is 1. The lowest BCUT2D eigenvalue weighted by molar-refractivity contribution is 1.33. The Morgan fingerprint density at radius 3 is 2.68 bits per heavy atom. The average Bonchev–Trinajstić information content (AvgIpc) is 2.85. The van der Waals surface area contributed by atoms with Crippen LogP contribution in [0, 0.1) is 11.3 Å². The molecule has 0 saturated heterocycles. The van der Waals surface area contributed by atoms with Gasteiger partial charge in [-0.15, -0.1) is 0 Å². The number of imidazole rings is 1. The molecule has 19 heavy (non-hydrogen) atoms. The van der Waals surface area contributed by atoms with E-state index in [4.69, 9.17) is 28.5 Å². The highest BCUT2D eigenvalue weighted by atomic mass is 35.5. The molecule has 0 amide bonds. The third-order valence-electron chi connectivity index (χ3n) is 2.84. The summed E-state index contributed by atoms with van der Waals surface area (Å²) in [4.78, 5) is 7.58. The van der Waals surface area contributed by atoms with E-state index in [1.807, 2.05) is 24.3 Å². The summed E-state index contributed by atoms with van der Waals surface area (Å²) in [6, 6.07) is 12.9. The number of halogens is 2. The van der Waals surface area contributed by atoms with Crippen molar-refractivity contribution in [1.82, 2.24) is 9.97 Å². The summed E-state index contributed by atoms with van der Waals surface area (Å²) in [5.74, 6) is 0.602. The third-order valence-corrected chi connectivity index (χ3v) is 3.66. The van der Waals surface area contributed by atoms with Crippen LogP contribution in [-0.2, 0) is 0 Å². The first-order valence-corrected chi connectivity index (χ1v) is 6.29. The Kier molecular flexibility index (Phi) is 2.90. The zero-order valence-corrected chi connectivity index (χ0v) is 11.1. The van der Waals surface area contributed by atoms with Gasteiger partial charge in [-0.2, -0.15) is 5.26 Å². The van der Waals surface area contributed by atoms with Crippen molar-refractivity contribution in [3.8, 4) is 17.5 Å². The van der Waals surface area contributed by atoms with Crippen LogP contribution in [0.1, 0.15) is 5.56 Å². The van der Waals surface area contributed by atoms with Gasteiger partial charge >= 0.3 is 0 Å². The number of benzene rings is 2. The largest absolute Gasteiger partial charge is 0.338 e. The molecule has 3 aromatic rings. The SMILES string of the molecule is N#Cc1cccc2[nH]c(-c3cccc(Cl)c3Cl)nc12. The van der Waals surface area contributed by atoms with Crippen LogP contribution in [-0.4, -0.2) is 9.97 Å². The molecule has 1 heterocycles. The van der Waals surface area contributed by atoms with Crippen LogP contribution in [0.5, 0.6) is 0 Å². The summed E-state index contributed by atoms with van der Waals surface area (Å²) in [5, 5.41) is 9.98. The van der Waals surface area contributed by atoms with Crippen molar-refractivity contribution in [3.05, 3.63) is 52.0 Å². The van der Waals surface area contributed by atoms with Crippen molar-refractivity contribution >= 4 is 34.2 Å². The number of nitrogens with one attached hydrogen (secondary N) is 1. The maximum Gasteiger partial charge on any atom is 0.140 e. The lowest BCUT2D eigenvalue weighted by Gasteiger charge is -2.01. The summed E-state index contributed by atoms with van der Waals surface area (Å²) in [6.07, 6.45) is 0. The van der Waals surface area contributed by atoms with E-state index in [1.54, 1.807) is 12.1 Å². The average molecular weight is 288 g/mol. The second-order valence-corrected chi connectivity index (χ2v) is 4.79. The van der Waals surface area contributed by atoms with Crippen LogP contribution in [0.25, 0.3) is 22.4 Å². The Labute approximate surface area is 119 Å². The third kappa shape index (κ3) is 1.95. The first-order chi connectivity index (χ1) is 9.20. The molecular weight excluding hydrogens is 281 g/mol. The van der Waals surface area contributed by atoms with Crippen LogP contribution >= 0.6 is 23.2 Å². The second-order valence-electron chi connectivity index (χ2n) is 4.00. The van der Waals surface area contributed by atoms with Crippen molar-refractivity contribution in [2.75, 3.05) is 0 Å². The lowest BCUT2D eigenvalue weighted by Crippen LogP contribution is -1.82. The summed E-state index contributed by atoms with van der Waals surface area (Å²) >= 11 is 12.2. The van der Waals surface area contributed by atoms with Crippen molar-refractivity contribution in [2.24, 2.45) is 0 Å². The van der Waals surface area contributed by atoms with E-state index in [9.17, 15) is 0 Å². The van der Waals surface area contributed by atoms with E-state index in [0.717, 1.165) is 5.52 Å². The molecule has 1 aromatic heterocycles. The second kappa shape index (κ2) is 4.58. The maximum atomic E-state index is 9.06. The van der Waals surface area contributed by atoms with E-state index in [2.05, 4.69) is 16.0 Å². The summed E-state index contributed by atoms with van der Waals surface area (Å²) < 4.78 is 0. The van der Waals surface area contributed by atoms with Gasteiger partial charge in [0.1, 0.15) is 17.4 Å². The molecule has 3 rings (SSSR count). The van der Waals surface area contributed by atoms with E-state index >= 15 is 0 Å². The molecule has 0 aliphatic carbocycles. The highest BCUT2D eigenvalue weighted by Gasteiger charge is 2.12. The molecule has 2 aromatic carbocycles. The smallest absolute Gasteiger partial charge is 0.140 e. The topological polar surface area (TPSA) is 52.5 Å². The predicted octanol–water partition coefficient (Wildman–Crippen LogP) is 4.41. The van der Waals surface area contributed by atoms with Gasteiger partial charge in [-0.3, -0.25) is 0 Å². The number of rotatable bonds is 1. The van der Waals surface area contributed by atoms with Gasteiger partial charge in [-0.1, -0.05) is 35.3 Å². The molecule has 0 atom stereocenters. The first kappa shape index (κ1) is 12.0. The molecule has 0 unspecified atom stereocenters. The number of hydrogen-bond acceptors (Lipinski definition) is 2. The summed E-state index contributed by atoms with van der Waals surface area (Å²) in [6.45, 7) is 0. The van der Waals surface area contributed by atoms with Gasteiger partial charge in [0.25, 0.3) is 0 Å². The summed E-state index contributed by atoms with van der Waals surface area (Å²) in [5.41, 5.74) is 2.67. The number of nitriles is 1.